The fourth-order valence-corrected chi connectivity index (χ4v) is 7.20. The molecule has 0 fully saturated rings. The van der Waals surface area contributed by atoms with Gasteiger partial charge in [-0.05, 0) is 208 Å². The van der Waals surface area contributed by atoms with E-state index in [0.717, 1.165) is 11.8 Å². The van der Waals surface area contributed by atoms with E-state index in [4.69, 9.17) is 0 Å². The van der Waals surface area contributed by atoms with E-state index in [1.165, 1.54) is 99.4 Å². The van der Waals surface area contributed by atoms with Crippen LogP contribution >= 0.6 is 59.9 Å². The number of benzene rings is 4. The van der Waals surface area contributed by atoms with Crippen molar-refractivity contribution in [1.29, 1.82) is 0 Å². The second-order valence-electron chi connectivity index (χ2n) is 14.2. The maximum absolute atomic E-state index is 2.46. The van der Waals surface area contributed by atoms with Crippen molar-refractivity contribution in [2.24, 2.45) is 11.8 Å². The monoisotopic (exact) mass is 992 g/mol. The first-order valence-electron chi connectivity index (χ1n) is 16.9. The summed E-state index contributed by atoms with van der Waals surface area (Å²) >= 11 is 7.39. The third kappa shape index (κ3) is 10.5. The third-order valence-electron chi connectivity index (χ3n) is 10.9. The Morgan fingerprint density at radius 3 is 1.67 bits per heavy atom. The van der Waals surface area contributed by atoms with Crippen LogP contribution in [0.5, 0.6) is 0 Å². The molecule has 46 heavy (non-hydrogen) atoms. The molecule has 0 spiro atoms. The zero-order valence-electron chi connectivity index (χ0n) is 30.4. The van der Waals surface area contributed by atoms with Gasteiger partial charge in [-0.25, -0.2) is 0 Å². The van der Waals surface area contributed by atoms with Gasteiger partial charge in [0.25, 0.3) is 0 Å². The number of hydrogen-bond acceptors (Lipinski definition) is 0. The van der Waals surface area contributed by atoms with Crippen molar-refractivity contribution in [2.75, 3.05) is 0 Å². The number of fused-ring (bicyclic) bond motifs is 3. The molecule has 0 N–H and O–H groups in total. The van der Waals surface area contributed by atoms with Crippen LogP contribution in [0.2, 0.25) is 0 Å². The van der Waals surface area contributed by atoms with E-state index in [2.05, 4.69) is 179 Å². The molecule has 4 heteroatoms. The van der Waals surface area contributed by atoms with Gasteiger partial charge < -0.3 is 0 Å². The number of rotatable bonds is 0. The van der Waals surface area contributed by atoms with Crippen molar-refractivity contribution in [2.45, 2.75) is 122 Å². The van der Waals surface area contributed by atoms with Crippen molar-refractivity contribution in [3.8, 4) is 0 Å². The zero-order valence-corrected chi connectivity index (χ0v) is 38.3. The van der Waals surface area contributed by atoms with Crippen molar-refractivity contribution < 1.29 is 4.92 Å². The molecule has 4 aromatic rings. The molecule has 6 rings (SSSR count). The van der Waals surface area contributed by atoms with Crippen LogP contribution in [0.15, 0.2) is 36.4 Å². The predicted octanol–water partition coefficient (Wildman–Crippen LogP) is 14.2. The molecule has 0 aliphatic heterocycles. The Bertz CT molecular complexity index is 1660. The van der Waals surface area contributed by atoms with Gasteiger partial charge in [-0.2, -0.15) is 0 Å². The summed E-state index contributed by atoms with van der Waals surface area (Å²) in [7, 11) is 0. The molecule has 250 valence electrons. The van der Waals surface area contributed by atoms with Crippen molar-refractivity contribution in [3.05, 3.63) is 114 Å². The molecule has 0 amide bonds. The molecule has 2 atom stereocenters. The van der Waals surface area contributed by atoms with Gasteiger partial charge in [-0.15, -0.1) is 0 Å². The fourth-order valence-electron chi connectivity index (χ4n) is 7.20. The van der Waals surface area contributed by atoms with Crippen molar-refractivity contribution >= 4 is 70.7 Å². The van der Waals surface area contributed by atoms with Crippen LogP contribution in [0.1, 0.15) is 105 Å². The quantitative estimate of drug-likeness (QED) is 0.154. The molecule has 4 aromatic carbocycles. The average Bonchev–Trinajstić information content (AvgIpc) is 2.99. The summed E-state index contributed by atoms with van der Waals surface area (Å²) in [5.74, 6) is 1.76. The molecule has 0 bridgehead atoms. The Morgan fingerprint density at radius 2 is 1.02 bits per heavy atom. The number of aryl methyl sites for hydroxylation is 7. The minimum absolute atomic E-state index is 0.278. The molecule has 0 nitrogen and oxygen atoms in total. The standard InChI is InChI=1S/C15H18.C14H20.C13H18.3HI.V/c1-9-6-7-14-8-10(2)11(3)13(5)15(14)12(9)4;1-9-5-6-13-8-10(2)11(3)12(4)14(13)7-9;1-9-4-7-13-11(3)10(2)5-6-12(13)8-9;;;;/h6-8H,1-5H3;8-9H,5-7H2,1-4H3;5-6,9H,4,7-8H2,1-3H3;3*1H;/q;;;;;;+3/p-3. The van der Waals surface area contributed by atoms with E-state index in [9.17, 15) is 0 Å². The Morgan fingerprint density at radius 1 is 0.500 bits per heavy atom. The molecule has 2 aliphatic rings. The SMILES string of the molecule is Cc1cc2c(c(C)c1C)CC(C)CC2.Cc1cc2ccc(C)c(C)c2c(C)c1C.Cc1ccc2c(c1C)CCC(C)C2.[I][V]([I])[I]. The molecular formula is C42H56I3V. The van der Waals surface area contributed by atoms with Gasteiger partial charge in [-0.3, -0.25) is 0 Å². The van der Waals surface area contributed by atoms with Crippen molar-refractivity contribution in [3.63, 3.8) is 0 Å². The van der Waals surface area contributed by atoms with Crippen LogP contribution in [0.4, 0.5) is 0 Å². The van der Waals surface area contributed by atoms with E-state index in [-0.39, 0.29) is 4.92 Å². The fraction of sp³-hybridized carbons (Fsp3) is 0.476. The van der Waals surface area contributed by atoms with Crippen LogP contribution in [0.3, 0.4) is 0 Å². The summed E-state index contributed by atoms with van der Waals surface area (Å²) in [4.78, 5) is -0.278. The second kappa shape index (κ2) is 18.2. The Kier molecular flexibility index (Phi) is 16.0. The van der Waals surface area contributed by atoms with Gasteiger partial charge in [0, 0.05) is 0 Å². The predicted molar refractivity (Wildman–Crippen MR) is 229 cm³/mol. The van der Waals surface area contributed by atoms with Gasteiger partial charge in [0.15, 0.2) is 0 Å². The average molecular weight is 993 g/mol. The van der Waals surface area contributed by atoms with E-state index in [0.29, 0.717) is 0 Å². The normalized spacial score (nSPS) is 16.7. The first-order chi connectivity index (χ1) is 21.5. The molecular weight excluding hydrogens is 936 g/mol. The topological polar surface area (TPSA) is 0 Å². The molecule has 0 heterocycles. The molecule has 0 aromatic heterocycles. The summed E-state index contributed by atoms with van der Waals surface area (Å²) in [6.07, 6.45) is 7.91. The molecule has 2 aliphatic carbocycles. The van der Waals surface area contributed by atoms with Crippen LogP contribution < -0.4 is 0 Å². The second-order valence-corrected chi connectivity index (χ2v) is 49.5. The molecule has 0 saturated carbocycles. The number of hydrogen-bond donors (Lipinski definition) is 0. The summed E-state index contributed by atoms with van der Waals surface area (Å²) in [5, 5.41) is 2.82. The van der Waals surface area contributed by atoms with E-state index >= 15 is 0 Å². The summed E-state index contributed by atoms with van der Waals surface area (Å²) in [6.45, 7) is 27.0. The summed E-state index contributed by atoms with van der Waals surface area (Å²) in [5.41, 5.74) is 21.1. The van der Waals surface area contributed by atoms with Gasteiger partial charge in [-0.1, -0.05) is 50.2 Å². The van der Waals surface area contributed by atoms with Gasteiger partial charge in [0.2, 0.25) is 0 Å². The zero-order chi connectivity index (χ0) is 34.5. The van der Waals surface area contributed by atoms with Gasteiger partial charge in [0.1, 0.15) is 0 Å². The first kappa shape index (κ1) is 40.3. The van der Waals surface area contributed by atoms with E-state index in [1.54, 1.807) is 27.8 Å². The minimum atomic E-state index is -0.278. The first-order valence-corrected chi connectivity index (χ1v) is 30.5. The van der Waals surface area contributed by atoms with Gasteiger partial charge in [0.05, 0.1) is 0 Å². The maximum atomic E-state index is 2.46. The summed E-state index contributed by atoms with van der Waals surface area (Å²) in [6, 6.07) is 13.7. The number of halogens is 3. The van der Waals surface area contributed by atoms with Crippen LogP contribution in [-0.2, 0) is 30.6 Å². The van der Waals surface area contributed by atoms with E-state index in [1.807, 2.05) is 0 Å². The van der Waals surface area contributed by atoms with Crippen LogP contribution in [-0.4, -0.2) is 0 Å². The molecule has 0 radical (unpaired) electrons. The Balaban J connectivity index is 0.000000178. The van der Waals surface area contributed by atoms with Crippen LogP contribution in [0.25, 0.3) is 10.8 Å². The van der Waals surface area contributed by atoms with Crippen LogP contribution in [0, 0.1) is 81.1 Å². The third-order valence-corrected chi connectivity index (χ3v) is 10.9. The molecule has 0 saturated heterocycles. The summed E-state index contributed by atoms with van der Waals surface area (Å²) < 4.78 is 0. The Labute approximate surface area is 319 Å². The Hall–Kier alpha value is -0.0856. The van der Waals surface area contributed by atoms with Gasteiger partial charge >= 0.3 is 64.9 Å². The molecule has 2 unspecified atom stereocenters. The van der Waals surface area contributed by atoms with Crippen molar-refractivity contribution in [1.82, 2.24) is 0 Å². The van der Waals surface area contributed by atoms with E-state index < -0.39 is 0 Å².